The van der Waals surface area contributed by atoms with Crippen LogP contribution in [0.4, 0.5) is 0 Å². The van der Waals surface area contributed by atoms with Crippen LogP contribution in [0.15, 0.2) is 34.9 Å². The predicted molar refractivity (Wildman–Crippen MR) is 131 cm³/mol. The number of ketones is 1. The second kappa shape index (κ2) is 9.75. The third kappa shape index (κ3) is 5.14. The van der Waals surface area contributed by atoms with Gasteiger partial charge in [0.25, 0.3) is 0 Å². The van der Waals surface area contributed by atoms with Crippen molar-refractivity contribution in [3.63, 3.8) is 0 Å². The molecule has 4 nitrogen and oxygen atoms in total. The highest BCUT2D eigenvalue weighted by molar-refractivity contribution is 8.03. The quantitative estimate of drug-likeness (QED) is 0.643. The van der Waals surface area contributed by atoms with Gasteiger partial charge in [-0.25, -0.2) is 0 Å². The van der Waals surface area contributed by atoms with E-state index in [0.717, 1.165) is 33.4 Å². The molecule has 1 unspecified atom stereocenters. The monoisotopic (exact) mass is 446 g/mol. The van der Waals surface area contributed by atoms with Crippen molar-refractivity contribution in [2.24, 2.45) is 0 Å². The minimum absolute atomic E-state index is 0.0771. The van der Waals surface area contributed by atoms with Crippen LogP contribution in [0.3, 0.4) is 0 Å². The number of carbonyl (C=O) groups excluding carboxylic acids is 2. The second-order valence-corrected chi connectivity index (χ2v) is 9.81. The lowest BCUT2D eigenvalue weighted by Crippen LogP contribution is -2.31. The lowest BCUT2D eigenvalue weighted by Gasteiger charge is -2.26. The molecule has 32 heavy (non-hydrogen) atoms. The number of carbonyl (C=O) groups is 2. The molecule has 0 saturated heterocycles. The lowest BCUT2D eigenvalue weighted by atomic mass is 9.84. The summed E-state index contributed by atoms with van der Waals surface area (Å²) in [6.45, 7) is 12.3. The molecule has 2 aromatic carbocycles. The molecule has 1 aliphatic heterocycles. The number of rotatable bonds is 6. The van der Waals surface area contributed by atoms with Gasteiger partial charge in [-0.1, -0.05) is 41.6 Å². The Kier molecular flexibility index (Phi) is 7.26. The highest BCUT2D eigenvalue weighted by Gasteiger charge is 2.30. The van der Waals surface area contributed by atoms with Crippen LogP contribution in [0.25, 0.3) is 0 Å². The number of amides is 1. The van der Waals surface area contributed by atoms with Crippen LogP contribution in [0.1, 0.15) is 56.8 Å². The standard InChI is InChI=1S/C27H30N2O2S/c1-15-7-18(4)23(19(5)8-15)11-22(30)14-32-27-25(13-28)24(12-26(31)29-27)21-9-16(2)20(6)17(3)10-21/h7-10,24H,11-12,14H2,1-6H3,(H,29,31). The van der Waals surface area contributed by atoms with Crippen LogP contribution in [-0.4, -0.2) is 17.4 Å². The molecule has 1 N–H and O–H groups in total. The molecule has 0 saturated carbocycles. The Labute approximate surface area is 195 Å². The van der Waals surface area contributed by atoms with Gasteiger partial charge in [-0.2, -0.15) is 5.26 Å². The van der Waals surface area contributed by atoms with Gasteiger partial charge in [-0.3, -0.25) is 9.59 Å². The van der Waals surface area contributed by atoms with Crippen molar-refractivity contribution in [1.82, 2.24) is 5.32 Å². The Bertz CT molecular complexity index is 1120. The van der Waals surface area contributed by atoms with Crippen molar-refractivity contribution in [3.05, 3.63) is 79.4 Å². The molecule has 0 aromatic heterocycles. The molecule has 0 aliphatic carbocycles. The molecule has 0 spiro atoms. The van der Waals surface area contributed by atoms with Gasteiger partial charge in [0, 0.05) is 18.8 Å². The number of allylic oxidation sites excluding steroid dienone is 1. The summed E-state index contributed by atoms with van der Waals surface area (Å²) in [5.41, 5.74) is 9.52. The second-order valence-electron chi connectivity index (χ2n) is 8.82. The first-order valence-electron chi connectivity index (χ1n) is 10.8. The van der Waals surface area contributed by atoms with Crippen molar-refractivity contribution in [2.45, 2.75) is 60.3 Å². The Morgan fingerprint density at radius 2 is 1.62 bits per heavy atom. The Morgan fingerprint density at radius 1 is 1.03 bits per heavy atom. The Morgan fingerprint density at radius 3 is 2.19 bits per heavy atom. The van der Waals surface area contributed by atoms with E-state index < -0.39 is 0 Å². The molecule has 0 bridgehead atoms. The molecule has 166 valence electrons. The summed E-state index contributed by atoms with van der Waals surface area (Å²) in [7, 11) is 0. The van der Waals surface area contributed by atoms with Crippen LogP contribution in [0.5, 0.6) is 0 Å². The fourth-order valence-electron chi connectivity index (χ4n) is 4.38. The normalized spacial score (nSPS) is 16.0. The maximum Gasteiger partial charge on any atom is 0.225 e. The van der Waals surface area contributed by atoms with Gasteiger partial charge < -0.3 is 5.32 Å². The van der Waals surface area contributed by atoms with E-state index in [4.69, 9.17) is 0 Å². The molecule has 5 heteroatoms. The van der Waals surface area contributed by atoms with Gasteiger partial charge in [0.15, 0.2) is 0 Å². The van der Waals surface area contributed by atoms with Crippen LogP contribution in [-0.2, 0) is 16.0 Å². The highest BCUT2D eigenvalue weighted by atomic mass is 32.2. The number of nitriles is 1. The molecule has 3 rings (SSSR count). The van der Waals surface area contributed by atoms with Crippen LogP contribution < -0.4 is 5.32 Å². The molecule has 1 amide bonds. The van der Waals surface area contributed by atoms with Gasteiger partial charge in [-0.05, 0) is 80.5 Å². The largest absolute Gasteiger partial charge is 0.320 e. The fraction of sp³-hybridized carbons (Fsp3) is 0.370. The smallest absolute Gasteiger partial charge is 0.225 e. The zero-order valence-corrected chi connectivity index (χ0v) is 20.5. The number of nitrogens with one attached hydrogen (secondary N) is 1. The summed E-state index contributed by atoms with van der Waals surface area (Å²) in [5.74, 6) is -0.115. The van der Waals surface area contributed by atoms with E-state index in [-0.39, 0.29) is 29.8 Å². The van der Waals surface area contributed by atoms with E-state index in [2.05, 4.69) is 49.5 Å². The number of hydrogen-bond donors (Lipinski definition) is 1. The Balaban J connectivity index is 1.82. The first-order chi connectivity index (χ1) is 15.1. The summed E-state index contributed by atoms with van der Waals surface area (Å²) < 4.78 is 0. The lowest BCUT2D eigenvalue weighted by molar-refractivity contribution is -0.121. The van der Waals surface area contributed by atoms with Crippen molar-refractivity contribution < 1.29 is 9.59 Å². The molecule has 2 aromatic rings. The van der Waals surface area contributed by atoms with Crippen LogP contribution in [0, 0.1) is 52.9 Å². The third-order valence-corrected chi connectivity index (χ3v) is 7.38. The third-order valence-electron chi connectivity index (χ3n) is 6.30. The summed E-state index contributed by atoms with van der Waals surface area (Å²) >= 11 is 1.26. The summed E-state index contributed by atoms with van der Waals surface area (Å²) in [5, 5.41) is 13.3. The van der Waals surface area contributed by atoms with Crippen LogP contribution >= 0.6 is 11.8 Å². The predicted octanol–water partition coefficient (Wildman–Crippen LogP) is 5.42. The van der Waals surface area contributed by atoms with Crippen molar-refractivity contribution in [3.8, 4) is 6.07 Å². The van der Waals surface area contributed by atoms with Gasteiger partial charge in [0.1, 0.15) is 5.78 Å². The van der Waals surface area contributed by atoms with Gasteiger partial charge >= 0.3 is 0 Å². The number of nitrogens with zero attached hydrogens (tertiary/aromatic N) is 1. The summed E-state index contributed by atoms with van der Waals surface area (Å²) in [6, 6.07) is 10.6. The molecular formula is C27H30N2O2S. The molecular weight excluding hydrogens is 416 g/mol. The minimum atomic E-state index is -0.286. The van der Waals surface area contributed by atoms with Gasteiger partial charge in [0.05, 0.1) is 22.4 Å². The number of aryl methyl sites for hydroxylation is 5. The summed E-state index contributed by atoms with van der Waals surface area (Å²) in [6.07, 6.45) is 0.596. The SMILES string of the molecule is Cc1cc(C)c(CC(=O)CSC2=C(C#N)C(c3cc(C)c(C)c(C)c3)CC(=O)N2)c(C)c1. The topological polar surface area (TPSA) is 70.0 Å². The minimum Gasteiger partial charge on any atom is -0.320 e. The van der Waals surface area contributed by atoms with Crippen molar-refractivity contribution in [1.29, 1.82) is 5.26 Å². The van der Waals surface area contributed by atoms with E-state index >= 15 is 0 Å². The fourth-order valence-corrected chi connectivity index (χ4v) is 5.31. The molecule has 0 radical (unpaired) electrons. The van der Waals surface area contributed by atoms with Crippen molar-refractivity contribution >= 4 is 23.5 Å². The average molecular weight is 447 g/mol. The van der Waals surface area contributed by atoms with Gasteiger partial charge in [-0.15, -0.1) is 0 Å². The number of benzene rings is 2. The average Bonchev–Trinajstić information content (AvgIpc) is 2.72. The van der Waals surface area contributed by atoms with E-state index in [1.165, 1.54) is 22.9 Å². The first kappa shape index (κ1) is 23.8. The molecule has 1 heterocycles. The number of hydrogen-bond acceptors (Lipinski definition) is 4. The van der Waals surface area contributed by atoms with Crippen LogP contribution in [0.2, 0.25) is 0 Å². The Hall–Kier alpha value is -2.84. The zero-order chi connectivity index (χ0) is 23.6. The number of thioether (sulfide) groups is 1. The van der Waals surface area contributed by atoms with E-state index in [1.54, 1.807) is 0 Å². The number of Topliss-reactive ketones (excluding diaryl/α,β-unsaturated/α-hetero) is 1. The first-order valence-corrected chi connectivity index (χ1v) is 11.8. The molecule has 0 fully saturated rings. The van der Waals surface area contributed by atoms with E-state index in [0.29, 0.717) is 17.0 Å². The summed E-state index contributed by atoms with van der Waals surface area (Å²) in [4.78, 5) is 25.2. The maximum absolute atomic E-state index is 12.8. The zero-order valence-electron chi connectivity index (χ0n) is 19.7. The van der Waals surface area contributed by atoms with E-state index in [1.807, 2.05) is 27.7 Å². The van der Waals surface area contributed by atoms with E-state index in [9.17, 15) is 14.9 Å². The molecule has 1 aliphatic rings. The molecule has 1 atom stereocenters. The highest BCUT2D eigenvalue weighted by Crippen LogP contribution is 2.37. The van der Waals surface area contributed by atoms with Crippen molar-refractivity contribution in [2.75, 3.05) is 5.75 Å². The van der Waals surface area contributed by atoms with Gasteiger partial charge in [0.2, 0.25) is 5.91 Å². The maximum atomic E-state index is 12.8.